The molecule has 0 aliphatic heterocycles. The highest BCUT2D eigenvalue weighted by atomic mass is 16.5. The van der Waals surface area contributed by atoms with E-state index in [1.54, 1.807) is 7.11 Å². The van der Waals surface area contributed by atoms with Crippen LogP contribution in [0.5, 0.6) is 0 Å². The number of methoxy groups -OCH3 is 1. The van der Waals surface area contributed by atoms with Gasteiger partial charge in [0.2, 0.25) is 0 Å². The summed E-state index contributed by atoms with van der Waals surface area (Å²) < 4.78 is 15.9. The van der Waals surface area contributed by atoms with Crippen molar-refractivity contribution in [2.24, 2.45) is 5.73 Å². The first-order valence-corrected chi connectivity index (χ1v) is 5.78. The van der Waals surface area contributed by atoms with Crippen LogP contribution in [-0.2, 0) is 14.2 Å². The second kappa shape index (κ2) is 8.05. The van der Waals surface area contributed by atoms with Gasteiger partial charge in [0.15, 0.2) is 0 Å². The van der Waals surface area contributed by atoms with Gasteiger partial charge in [0, 0.05) is 26.4 Å². The fourth-order valence-corrected chi connectivity index (χ4v) is 1.83. The van der Waals surface area contributed by atoms with E-state index in [-0.39, 0.29) is 12.1 Å². The van der Waals surface area contributed by atoms with Crippen LogP contribution < -0.4 is 5.73 Å². The molecular weight excluding hydrogens is 194 g/mol. The van der Waals surface area contributed by atoms with Gasteiger partial charge in [0.05, 0.1) is 19.3 Å². The maximum absolute atomic E-state index is 5.88. The molecule has 2 atom stereocenters. The van der Waals surface area contributed by atoms with E-state index >= 15 is 0 Å². The zero-order valence-corrected chi connectivity index (χ0v) is 9.61. The third kappa shape index (κ3) is 5.47. The second-order valence-electron chi connectivity index (χ2n) is 3.96. The molecule has 0 amide bonds. The summed E-state index contributed by atoms with van der Waals surface area (Å²) in [6, 6.07) is 0.235. The van der Waals surface area contributed by atoms with E-state index in [1.165, 1.54) is 6.42 Å². The summed E-state index contributed by atoms with van der Waals surface area (Å²) in [7, 11) is 1.70. The van der Waals surface area contributed by atoms with Crippen LogP contribution in [0.2, 0.25) is 0 Å². The highest BCUT2D eigenvalue weighted by Crippen LogP contribution is 2.19. The van der Waals surface area contributed by atoms with Gasteiger partial charge < -0.3 is 19.9 Å². The summed E-state index contributed by atoms with van der Waals surface area (Å²) in [4.78, 5) is 0. The van der Waals surface area contributed by atoms with Gasteiger partial charge in [-0.3, -0.25) is 0 Å². The molecule has 0 heterocycles. The molecule has 0 aromatic carbocycles. The van der Waals surface area contributed by atoms with E-state index in [2.05, 4.69) is 0 Å². The van der Waals surface area contributed by atoms with E-state index in [4.69, 9.17) is 19.9 Å². The molecule has 0 aromatic rings. The second-order valence-corrected chi connectivity index (χ2v) is 3.96. The third-order valence-electron chi connectivity index (χ3n) is 2.70. The van der Waals surface area contributed by atoms with Crippen LogP contribution >= 0.6 is 0 Å². The quantitative estimate of drug-likeness (QED) is 0.615. The Balaban J connectivity index is 1.84. The molecular formula is C11H23NO3. The first-order valence-electron chi connectivity index (χ1n) is 5.78. The number of hydrogen-bond acceptors (Lipinski definition) is 4. The molecule has 1 rings (SSSR count). The van der Waals surface area contributed by atoms with Crippen molar-refractivity contribution in [2.45, 2.75) is 37.8 Å². The number of nitrogens with two attached hydrogens (primary N) is 1. The van der Waals surface area contributed by atoms with Crippen LogP contribution in [0.4, 0.5) is 0 Å². The lowest BCUT2D eigenvalue weighted by Crippen LogP contribution is -2.32. The van der Waals surface area contributed by atoms with Crippen LogP contribution in [0.15, 0.2) is 0 Å². The molecule has 1 fully saturated rings. The van der Waals surface area contributed by atoms with Crippen molar-refractivity contribution in [1.82, 2.24) is 0 Å². The molecule has 1 aliphatic rings. The van der Waals surface area contributed by atoms with Crippen molar-refractivity contribution in [2.75, 3.05) is 33.5 Å². The summed E-state index contributed by atoms with van der Waals surface area (Å²) in [5.41, 5.74) is 5.88. The van der Waals surface area contributed by atoms with Crippen LogP contribution in [0.25, 0.3) is 0 Å². The lowest BCUT2D eigenvalue weighted by molar-refractivity contribution is -0.00121. The van der Waals surface area contributed by atoms with Gasteiger partial charge in [-0.15, -0.1) is 0 Å². The van der Waals surface area contributed by atoms with E-state index in [9.17, 15) is 0 Å². The van der Waals surface area contributed by atoms with Gasteiger partial charge in [-0.05, 0) is 25.7 Å². The van der Waals surface area contributed by atoms with E-state index in [1.807, 2.05) is 0 Å². The maximum atomic E-state index is 5.88. The minimum atomic E-state index is 0.235. The van der Waals surface area contributed by atoms with Crippen molar-refractivity contribution < 1.29 is 14.2 Å². The Bertz CT molecular complexity index is 155. The van der Waals surface area contributed by atoms with Crippen molar-refractivity contribution >= 4 is 0 Å². The molecule has 90 valence electrons. The molecule has 2 unspecified atom stereocenters. The Kier molecular flexibility index (Phi) is 6.92. The Morgan fingerprint density at radius 1 is 1.13 bits per heavy atom. The average Bonchev–Trinajstić information content (AvgIpc) is 2.63. The Morgan fingerprint density at radius 3 is 2.67 bits per heavy atom. The molecule has 0 bridgehead atoms. The topological polar surface area (TPSA) is 53.7 Å². The summed E-state index contributed by atoms with van der Waals surface area (Å²) in [6.07, 6.45) is 4.59. The zero-order valence-electron chi connectivity index (χ0n) is 9.61. The summed E-state index contributed by atoms with van der Waals surface area (Å²) in [5, 5.41) is 0. The fraction of sp³-hybridized carbons (Fsp3) is 1.00. The molecule has 0 radical (unpaired) electrons. The first-order chi connectivity index (χ1) is 7.34. The molecule has 0 spiro atoms. The molecule has 0 saturated heterocycles. The number of ether oxygens (including phenoxy) is 3. The van der Waals surface area contributed by atoms with Gasteiger partial charge in [0.25, 0.3) is 0 Å². The van der Waals surface area contributed by atoms with Crippen LogP contribution in [-0.4, -0.2) is 45.7 Å². The van der Waals surface area contributed by atoms with Gasteiger partial charge >= 0.3 is 0 Å². The number of rotatable bonds is 8. The van der Waals surface area contributed by atoms with Crippen molar-refractivity contribution in [3.8, 4) is 0 Å². The highest BCUT2D eigenvalue weighted by molar-refractivity contribution is 4.80. The largest absolute Gasteiger partial charge is 0.385 e. The molecule has 4 nitrogen and oxygen atoms in total. The van der Waals surface area contributed by atoms with Gasteiger partial charge in [-0.2, -0.15) is 0 Å². The Hall–Kier alpha value is -0.160. The Labute approximate surface area is 92.1 Å². The van der Waals surface area contributed by atoms with Gasteiger partial charge in [0.1, 0.15) is 0 Å². The summed E-state index contributed by atoms with van der Waals surface area (Å²) in [6.45, 7) is 2.82. The van der Waals surface area contributed by atoms with Gasteiger partial charge in [-0.25, -0.2) is 0 Å². The van der Waals surface area contributed by atoms with Gasteiger partial charge in [-0.1, -0.05) is 0 Å². The lowest BCUT2D eigenvalue weighted by atomic mass is 10.2. The highest BCUT2D eigenvalue weighted by Gasteiger charge is 2.23. The minimum Gasteiger partial charge on any atom is -0.385 e. The predicted octanol–water partition coefficient (Wildman–Crippen LogP) is 0.936. The molecule has 0 aromatic heterocycles. The predicted molar refractivity (Wildman–Crippen MR) is 58.9 cm³/mol. The van der Waals surface area contributed by atoms with Crippen LogP contribution in [0, 0.1) is 0 Å². The molecule has 2 N–H and O–H groups in total. The summed E-state index contributed by atoms with van der Waals surface area (Å²) in [5.74, 6) is 0. The van der Waals surface area contributed by atoms with Crippen LogP contribution in [0.3, 0.4) is 0 Å². The van der Waals surface area contributed by atoms with E-state index < -0.39 is 0 Å². The minimum absolute atomic E-state index is 0.235. The Morgan fingerprint density at radius 2 is 2.00 bits per heavy atom. The molecule has 1 saturated carbocycles. The van der Waals surface area contributed by atoms with E-state index in [0.29, 0.717) is 13.2 Å². The zero-order chi connectivity index (χ0) is 10.9. The van der Waals surface area contributed by atoms with E-state index in [0.717, 1.165) is 32.5 Å². The smallest absolute Gasteiger partial charge is 0.0727 e. The standard InChI is InChI=1S/C11H23NO3/c1-13-6-3-7-14-8-9-15-11-5-2-4-10(11)12/h10-11H,2-9,12H2,1H3. The normalized spacial score (nSPS) is 26.0. The summed E-state index contributed by atoms with van der Waals surface area (Å²) >= 11 is 0. The maximum Gasteiger partial charge on any atom is 0.0727 e. The average molecular weight is 217 g/mol. The fourth-order valence-electron chi connectivity index (χ4n) is 1.83. The molecule has 15 heavy (non-hydrogen) atoms. The third-order valence-corrected chi connectivity index (χ3v) is 2.70. The number of hydrogen-bond donors (Lipinski definition) is 1. The lowest BCUT2D eigenvalue weighted by Gasteiger charge is -2.16. The van der Waals surface area contributed by atoms with Crippen LogP contribution in [0.1, 0.15) is 25.7 Å². The van der Waals surface area contributed by atoms with Crippen molar-refractivity contribution in [3.05, 3.63) is 0 Å². The molecule has 4 heteroatoms. The monoisotopic (exact) mass is 217 g/mol. The van der Waals surface area contributed by atoms with Crippen molar-refractivity contribution in [1.29, 1.82) is 0 Å². The molecule has 1 aliphatic carbocycles. The SMILES string of the molecule is COCCCOCCOC1CCCC1N. The van der Waals surface area contributed by atoms with Crippen molar-refractivity contribution in [3.63, 3.8) is 0 Å². The first kappa shape index (κ1) is 12.9.